The molecule has 1 saturated heterocycles. The number of fused-ring (bicyclic) bond motifs is 1. The van der Waals surface area contributed by atoms with Crippen LogP contribution in [0.3, 0.4) is 0 Å². The van der Waals surface area contributed by atoms with Gasteiger partial charge in [0.2, 0.25) is 5.91 Å². The first-order valence-electron chi connectivity index (χ1n) is 7.09. The molecule has 1 aliphatic rings. The summed E-state index contributed by atoms with van der Waals surface area (Å²) in [4.78, 5) is 18.9. The van der Waals surface area contributed by atoms with Gasteiger partial charge in [0.25, 0.3) is 0 Å². The van der Waals surface area contributed by atoms with Crippen LogP contribution in [0, 0.1) is 18.3 Å². The van der Waals surface area contributed by atoms with Crippen LogP contribution in [0.2, 0.25) is 0 Å². The van der Waals surface area contributed by atoms with Gasteiger partial charge in [0.1, 0.15) is 0 Å². The Morgan fingerprint density at radius 1 is 1.52 bits per heavy atom. The summed E-state index contributed by atoms with van der Waals surface area (Å²) >= 11 is 1.69. The molecule has 1 aromatic carbocycles. The third-order valence-corrected chi connectivity index (χ3v) is 4.81. The van der Waals surface area contributed by atoms with Gasteiger partial charge >= 0.3 is 0 Å². The molecule has 108 valence electrons. The van der Waals surface area contributed by atoms with Crippen LogP contribution < -0.4 is 10.2 Å². The molecular formula is C16H17N3OS. The second-order valence-electron chi connectivity index (χ2n) is 5.17. The Morgan fingerprint density at radius 2 is 2.38 bits per heavy atom. The maximum Gasteiger partial charge on any atom is 0.225 e. The minimum Gasteiger partial charge on any atom is -0.347 e. The number of para-hydroxylation sites is 1. The number of thiazole rings is 1. The van der Waals surface area contributed by atoms with Gasteiger partial charge in [-0.05, 0) is 25.0 Å². The smallest absolute Gasteiger partial charge is 0.225 e. The summed E-state index contributed by atoms with van der Waals surface area (Å²) < 4.78 is 1.19. The summed E-state index contributed by atoms with van der Waals surface area (Å²) in [5, 5.41) is 3.79. The molecule has 1 atom stereocenters. The molecular weight excluding hydrogens is 282 g/mol. The molecule has 5 heteroatoms. The number of rotatable bonds is 3. The van der Waals surface area contributed by atoms with Gasteiger partial charge in [-0.1, -0.05) is 29.4 Å². The lowest BCUT2D eigenvalue weighted by Crippen LogP contribution is -2.43. The van der Waals surface area contributed by atoms with E-state index in [2.05, 4.69) is 27.2 Å². The molecule has 1 N–H and O–H groups in total. The summed E-state index contributed by atoms with van der Waals surface area (Å²) in [6, 6.07) is 8.13. The summed E-state index contributed by atoms with van der Waals surface area (Å²) in [7, 11) is 0. The van der Waals surface area contributed by atoms with E-state index in [9.17, 15) is 4.79 Å². The van der Waals surface area contributed by atoms with Gasteiger partial charge in [0.15, 0.2) is 5.13 Å². The highest BCUT2D eigenvalue weighted by Crippen LogP contribution is 2.31. The molecule has 1 aromatic heterocycles. The zero-order chi connectivity index (χ0) is 14.7. The molecule has 0 aliphatic carbocycles. The summed E-state index contributed by atoms with van der Waals surface area (Å²) in [5.74, 6) is 2.50. The van der Waals surface area contributed by atoms with Crippen LogP contribution in [-0.4, -0.2) is 30.5 Å². The fourth-order valence-corrected chi connectivity index (χ4v) is 3.64. The molecule has 1 fully saturated rings. The first-order chi connectivity index (χ1) is 10.3. The van der Waals surface area contributed by atoms with E-state index < -0.39 is 0 Å². The minimum absolute atomic E-state index is 0.000822. The van der Waals surface area contributed by atoms with Crippen molar-refractivity contribution < 1.29 is 4.79 Å². The number of nitrogens with one attached hydrogen (secondary N) is 1. The topological polar surface area (TPSA) is 45.2 Å². The first-order valence-corrected chi connectivity index (χ1v) is 7.91. The molecule has 4 nitrogen and oxygen atoms in total. The number of carbonyl (C=O) groups is 1. The van der Waals surface area contributed by atoms with Crippen molar-refractivity contribution >= 4 is 32.6 Å². The van der Waals surface area contributed by atoms with Gasteiger partial charge in [0.05, 0.1) is 22.7 Å². The molecule has 2 heterocycles. The number of hydrogen-bond acceptors (Lipinski definition) is 4. The van der Waals surface area contributed by atoms with Gasteiger partial charge in [-0.2, -0.15) is 0 Å². The molecule has 2 aromatic rings. The number of piperidine rings is 1. The molecule has 1 amide bonds. The van der Waals surface area contributed by atoms with E-state index in [0.717, 1.165) is 36.6 Å². The van der Waals surface area contributed by atoms with Gasteiger partial charge in [-0.15, -0.1) is 6.42 Å². The number of amides is 1. The molecule has 3 rings (SSSR count). The Morgan fingerprint density at radius 3 is 3.19 bits per heavy atom. The highest BCUT2D eigenvalue weighted by Gasteiger charge is 2.27. The Labute approximate surface area is 128 Å². The first kappa shape index (κ1) is 13.9. The van der Waals surface area contributed by atoms with E-state index in [0.29, 0.717) is 6.54 Å². The standard InChI is InChI=1S/C16H17N3OS/c1-2-9-17-15(20)12-6-5-10-19(11-12)16-18-13-7-3-4-8-14(13)21-16/h1,3-4,7-8,12H,5-6,9-11H2,(H,17,20)/t12-/m0/s1. The van der Waals surface area contributed by atoms with E-state index in [1.165, 1.54) is 4.70 Å². The second kappa shape index (κ2) is 6.15. The number of terminal acetylenes is 1. The van der Waals surface area contributed by atoms with Crippen LogP contribution in [0.1, 0.15) is 12.8 Å². The zero-order valence-corrected chi connectivity index (χ0v) is 12.5. The number of anilines is 1. The SMILES string of the molecule is C#CCNC(=O)[C@H]1CCCN(c2nc3ccccc3s2)C1. The van der Waals surface area contributed by atoms with Crippen molar-refractivity contribution in [1.82, 2.24) is 10.3 Å². The lowest BCUT2D eigenvalue weighted by molar-refractivity contribution is -0.124. The average Bonchev–Trinajstić information content (AvgIpc) is 2.97. The van der Waals surface area contributed by atoms with Gasteiger partial charge in [0, 0.05) is 13.1 Å². The van der Waals surface area contributed by atoms with E-state index in [4.69, 9.17) is 6.42 Å². The third kappa shape index (κ3) is 3.01. The second-order valence-corrected chi connectivity index (χ2v) is 6.18. The van der Waals surface area contributed by atoms with E-state index in [1.807, 2.05) is 18.2 Å². The quantitative estimate of drug-likeness (QED) is 0.884. The molecule has 0 radical (unpaired) electrons. The van der Waals surface area contributed by atoms with E-state index >= 15 is 0 Å². The van der Waals surface area contributed by atoms with E-state index in [1.54, 1.807) is 11.3 Å². The Bertz CT molecular complexity index is 655. The van der Waals surface area contributed by atoms with Crippen molar-refractivity contribution in [3.63, 3.8) is 0 Å². The van der Waals surface area contributed by atoms with Crippen molar-refractivity contribution in [1.29, 1.82) is 0 Å². The highest BCUT2D eigenvalue weighted by molar-refractivity contribution is 7.22. The maximum absolute atomic E-state index is 12.1. The normalized spacial score (nSPS) is 18.4. The van der Waals surface area contributed by atoms with Crippen molar-refractivity contribution in [2.45, 2.75) is 12.8 Å². The van der Waals surface area contributed by atoms with Crippen LogP contribution in [0.25, 0.3) is 10.2 Å². The number of carbonyl (C=O) groups excluding carboxylic acids is 1. The lowest BCUT2D eigenvalue weighted by atomic mass is 9.97. The van der Waals surface area contributed by atoms with Crippen molar-refractivity contribution in [3.05, 3.63) is 24.3 Å². The van der Waals surface area contributed by atoms with Crippen LogP contribution >= 0.6 is 11.3 Å². The minimum atomic E-state index is -0.000822. The van der Waals surface area contributed by atoms with Gasteiger partial charge < -0.3 is 10.2 Å². The van der Waals surface area contributed by atoms with E-state index in [-0.39, 0.29) is 11.8 Å². The number of aromatic nitrogens is 1. The van der Waals surface area contributed by atoms with Crippen molar-refractivity contribution in [2.24, 2.45) is 5.92 Å². The number of hydrogen-bond donors (Lipinski definition) is 1. The fraction of sp³-hybridized carbons (Fsp3) is 0.375. The van der Waals surface area contributed by atoms with Gasteiger partial charge in [-0.25, -0.2) is 4.98 Å². The summed E-state index contributed by atoms with van der Waals surface area (Å²) in [5.41, 5.74) is 1.02. The highest BCUT2D eigenvalue weighted by atomic mass is 32.1. The molecule has 0 bridgehead atoms. The fourth-order valence-electron chi connectivity index (χ4n) is 2.64. The van der Waals surface area contributed by atoms with Crippen LogP contribution in [0.5, 0.6) is 0 Å². The molecule has 0 spiro atoms. The predicted molar refractivity (Wildman–Crippen MR) is 86.4 cm³/mol. The molecule has 0 unspecified atom stereocenters. The summed E-state index contributed by atoms with van der Waals surface area (Å²) in [6.07, 6.45) is 7.10. The van der Waals surface area contributed by atoms with Crippen LogP contribution in [0.15, 0.2) is 24.3 Å². The van der Waals surface area contributed by atoms with Crippen LogP contribution in [-0.2, 0) is 4.79 Å². The summed E-state index contributed by atoms with van der Waals surface area (Å²) in [6.45, 7) is 1.98. The van der Waals surface area contributed by atoms with Crippen molar-refractivity contribution in [3.8, 4) is 12.3 Å². The maximum atomic E-state index is 12.1. The molecule has 0 saturated carbocycles. The predicted octanol–water partition coefficient (Wildman–Crippen LogP) is 2.26. The Balaban J connectivity index is 1.73. The average molecular weight is 299 g/mol. The largest absolute Gasteiger partial charge is 0.347 e. The van der Waals surface area contributed by atoms with Crippen molar-refractivity contribution in [2.75, 3.05) is 24.5 Å². The number of nitrogens with zero attached hydrogens (tertiary/aromatic N) is 2. The number of benzene rings is 1. The lowest BCUT2D eigenvalue weighted by Gasteiger charge is -2.31. The third-order valence-electron chi connectivity index (χ3n) is 3.71. The zero-order valence-electron chi connectivity index (χ0n) is 11.7. The van der Waals surface area contributed by atoms with Gasteiger partial charge in [-0.3, -0.25) is 4.79 Å². The Kier molecular flexibility index (Phi) is 4.07. The van der Waals surface area contributed by atoms with Crippen LogP contribution in [0.4, 0.5) is 5.13 Å². The molecule has 21 heavy (non-hydrogen) atoms. The molecule has 1 aliphatic heterocycles. The monoisotopic (exact) mass is 299 g/mol. The Hall–Kier alpha value is -2.06.